The van der Waals surface area contributed by atoms with Gasteiger partial charge in [0.25, 0.3) is 0 Å². The van der Waals surface area contributed by atoms with Crippen LogP contribution in [0.15, 0.2) is 48.5 Å². The first-order chi connectivity index (χ1) is 12.1. The van der Waals surface area contributed by atoms with Crippen LogP contribution in [0.3, 0.4) is 0 Å². The lowest BCUT2D eigenvalue weighted by Crippen LogP contribution is -2.32. The maximum atomic E-state index is 13.0. The van der Waals surface area contributed by atoms with Crippen LogP contribution in [0.4, 0.5) is 4.39 Å². The Morgan fingerprint density at radius 2 is 1.80 bits per heavy atom. The molecule has 2 aromatic carbocycles. The minimum atomic E-state index is -0.205. The van der Waals surface area contributed by atoms with E-state index in [9.17, 15) is 9.18 Å². The highest BCUT2D eigenvalue weighted by Gasteiger charge is 2.45. The van der Waals surface area contributed by atoms with Crippen LogP contribution in [-0.4, -0.2) is 35.3 Å². The van der Waals surface area contributed by atoms with Crippen molar-refractivity contribution in [3.63, 3.8) is 0 Å². The standard InChI is InChI=1S/C21H23FN2O/c1-15-3-2-4-17(9-15)11-24-13-18-12-23(14-20(18)21(24)25)10-16-5-7-19(22)8-6-16/h2-9,18,20H,10-14H2,1H3/t18-,20-/m0/s1. The zero-order valence-corrected chi connectivity index (χ0v) is 14.5. The van der Waals surface area contributed by atoms with E-state index in [1.54, 1.807) is 0 Å². The van der Waals surface area contributed by atoms with Gasteiger partial charge in [0.05, 0.1) is 5.92 Å². The van der Waals surface area contributed by atoms with Gasteiger partial charge in [0.2, 0.25) is 5.91 Å². The molecule has 0 N–H and O–H groups in total. The third-order valence-electron chi connectivity index (χ3n) is 5.38. The highest BCUT2D eigenvalue weighted by molar-refractivity contribution is 5.82. The number of aryl methyl sites for hydroxylation is 1. The molecule has 4 heteroatoms. The maximum Gasteiger partial charge on any atom is 0.227 e. The lowest BCUT2D eigenvalue weighted by Gasteiger charge is -2.22. The van der Waals surface area contributed by atoms with Crippen LogP contribution in [-0.2, 0) is 17.9 Å². The molecule has 2 aliphatic rings. The second-order valence-corrected chi connectivity index (χ2v) is 7.39. The van der Waals surface area contributed by atoms with Gasteiger partial charge in [0.15, 0.2) is 0 Å². The number of hydrogen-bond donors (Lipinski definition) is 0. The molecule has 25 heavy (non-hydrogen) atoms. The molecular weight excluding hydrogens is 315 g/mol. The van der Waals surface area contributed by atoms with Crippen LogP contribution in [0, 0.1) is 24.6 Å². The topological polar surface area (TPSA) is 23.6 Å². The summed E-state index contributed by atoms with van der Waals surface area (Å²) < 4.78 is 13.0. The Morgan fingerprint density at radius 3 is 2.52 bits per heavy atom. The molecule has 3 nitrogen and oxygen atoms in total. The third-order valence-corrected chi connectivity index (χ3v) is 5.38. The summed E-state index contributed by atoms with van der Waals surface area (Å²) in [6.45, 7) is 6.18. The van der Waals surface area contributed by atoms with Crippen molar-refractivity contribution in [2.45, 2.75) is 20.0 Å². The smallest absolute Gasteiger partial charge is 0.227 e. The van der Waals surface area contributed by atoms with Gasteiger partial charge in [0.1, 0.15) is 5.82 Å². The van der Waals surface area contributed by atoms with Crippen molar-refractivity contribution in [2.75, 3.05) is 19.6 Å². The molecule has 2 atom stereocenters. The number of amides is 1. The SMILES string of the molecule is Cc1cccc(CN2C[C@@H]3CN(Cc4ccc(F)cc4)C[C@@H]3C2=O)c1. The van der Waals surface area contributed by atoms with Crippen molar-refractivity contribution in [1.29, 1.82) is 0 Å². The van der Waals surface area contributed by atoms with Crippen LogP contribution in [0.25, 0.3) is 0 Å². The van der Waals surface area contributed by atoms with E-state index in [0.29, 0.717) is 12.5 Å². The molecule has 0 spiro atoms. The number of hydrogen-bond acceptors (Lipinski definition) is 2. The highest BCUT2D eigenvalue weighted by atomic mass is 19.1. The lowest BCUT2D eigenvalue weighted by atomic mass is 10.0. The summed E-state index contributed by atoms with van der Waals surface area (Å²) in [7, 11) is 0. The van der Waals surface area contributed by atoms with Crippen LogP contribution < -0.4 is 0 Å². The minimum Gasteiger partial charge on any atom is -0.338 e. The van der Waals surface area contributed by atoms with E-state index in [1.807, 2.05) is 17.0 Å². The fourth-order valence-corrected chi connectivity index (χ4v) is 4.18. The number of carbonyl (C=O) groups is 1. The monoisotopic (exact) mass is 338 g/mol. The number of benzene rings is 2. The van der Waals surface area contributed by atoms with Crippen molar-refractivity contribution in [3.05, 3.63) is 71.0 Å². The highest BCUT2D eigenvalue weighted by Crippen LogP contribution is 2.33. The van der Waals surface area contributed by atoms with Crippen LogP contribution in [0.5, 0.6) is 0 Å². The summed E-state index contributed by atoms with van der Waals surface area (Å²) in [5.74, 6) is 0.611. The van der Waals surface area contributed by atoms with Crippen molar-refractivity contribution in [3.8, 4) is 0 Å². The second kappa shape index (κ2) is 6.60. The Labute approximate surface area is 148 Å². The van der Waals surface area contributed by atoms with Gasteiger partial charge in [-0.15, -0.1) is 0 Å². The van der Waals surface area contributed by atoms with E-state index in [4.69, 9.17) is 0 Å². The summed E-state index contributed by atoms with van der Waals surface area (Å²) in [6, 6.07) is 15.0. The average Bonchev–Trinajstić information content (AvgIpc) is 3.09. The number of rotatable bonds is 4. The normalized spacial score (nSPS) is 23.3. The fraction of sp³-hybridized carbons (Fsp3) is 0.381. The molecular formula is C21H23FN2O. The lowest BCUT2D eigenvalue weighted by molar-refractivity contribution is -0.131. The number of likely N-dealkylation sites (tertiary alicyclic amines) is 2. The largest absolute Gasteiger partial charge is 0.338 e. The molecule has 2 aliphatic heterocycles. The van der Waals surface area contributed by atoms with Gasteiger partial charge in [0, 0.05) is 38.6 Å². The molecule has 2 heterocycles. The summed E-state index contributed by atoms with van der Waals surface area (Å²) in [5, 5.41) is 0. The third kappa shape index (κ3) is 3.45. The maximum absolute atomic E-state index is 13.0. The number of carbonyl (C=O) groups excluding carboxylic acids is 1. The Morgan fingerprint density at radius 1 is 1.00 bits per heavy atom. The Bertz CT molecular complexity index is 774. The van der Waals surface area contributed by atoms with Gasteiger partial charge >= 0.3 is 0 Å². The molecule has 0 unspecified atom stereocenters. The molecule has 0 aromatic heterocycles. The van der Waals surface area contributed by atoms with E-state index >= 15 is 0 Å². The quantitative estimate of drug-likeness (QED) is 0.854. The van der Waals surface area contributed by atoms with Gasteiger partial charge in [-0.1, -0.05) is 42.0 Å². The number of fused-ring (bicyclic) bond motifs is 1. The van der Waals surface area contributed by atoms with E-state index in [0.717, 1.165) is 31.7 Å². The van der Waals surface area contributed by atoms with E-state index in [1.165, 1.54) is 23.3 Å². The molecule has 0 radical (unpaired) electrons. The van der Waals surface area contributed by atoms with Crippen LogP contribution >= 0.6 is 0 Å². The van der Waals surface area contributed by atoms with E-state index < -0.39 is 0 Å². The van der Waals surface area contributed by atoms with Crippen molar-refractivity contribution < 1.29 is 9.18 Å². The average molecular weight is 338 g/mol. The second-order valence-electron chi connectivity index (χ2n) is 7.39. The van der Waals surface area contributed by atoms with Crippen LogP contribution in [0.1, 0.15) is 16.7 Å². The Hall–Kier alpha value is -2.20. The van der Waals surface area contributed by atoms with Crippen LogP contribution in [0.2, 0.25) is 0 Å². The number of nitrogens with zero attached hydrogens (tertiary/aromatic N) is 2. The predicted octanol–water partition coefficient (Wildman–Crippen LogP) is 3.22. The zero-order chi connectivity index (χ0) is 17.4. The summed E-state index contributed by atoms with van der Waals surface area (Å²) in [5.41, 5.74) is 3.54. The van der Waals surface area contributed by atoms with Gasteiger partial charge < -0.3 is 4.90 Å². The minimum absolute atomic E-state index is 0.116. The predicted molar refractivity (Wildman–Crippen MR) is 95.3 cm³/mol. The zero-order valence-electron chi connectivity index (χ0n) is 14.5. The molecule has 0 bridgehead atoms. The molecule has 2 aromatic rings. The summed E-state index contributed by atoms with van der Waals surface area (Å²) >= 11 is 0. The van der Waals surface area contributed by atoms with Crippen molar-refractivity contribution in [2.24, 2.45) is 11.8 Å². The van der Waals surface area contributed by atoms with E-state index in [-0.39, 0.29) is 17.6 Å². The molecule has 1 amide bonds. The molecule has 0 saturated carbocycles. The molecule has 0 aliphatic carbocycles. The Balaban J connectivity index is 1.37. The fourth-order valence-electron chi connectivity index (χ4n) is 4.18. The number of halogens is 1. The molecule has 130 valence electrons. The molecule has 2 saturated heterocycles. The van der Waals surface area contributed by atoms with Gasteiger partial charge in [-0.25, -0.2) is 4.39 Å². The molecule has 2 fully saturated rings. The van der Waals surface area contributed by atoms with Gasteiger partial charge in [-0.05, 0) is 30.2 Å². The van der Waals surface area contributed by atoms with Gasteiger partial charge in [-0.2, -0.15) is 0 Å². The van der Waals surface area contributed by atoms with Gasteiger partial charge in [-0.3, -0.25) is 9.69 Å². The van der Waals surface area contributed by atoms with Crippen molar-refractivity contribution >= 4 is 5.91 Å². The first-order valence-electron chi connectivity index (χ1n) is 8.89. The Kier molecular flexibility index (Phi) is 4.30. The summed E-state index contributed by atoms with van der Waals surface area (Å²) in [6.07, 6.45) is 0. The summed E-state index contributed by atoms with van der Waals surface area (Å²) in [4.78, 5) is 17.1. The van der Waals surface area contributed by atoms with Crippen molar-refractivity contribution in [1.82, 2.24) is 9.80 Å². The first kappa shape index (κ1) is 16.3. The van der Waals surface area contributed by atoms with E-state index in [2.05, 4.69) is 36.1 Å². The molecule has 4 rings (SSSR count). The first-order valence-corrected chi connectivity index (χ1v) is 8.89.